The third-order valence-corrected chi connectivity index (χ3v) is 5.06. The molecule has 0 saturated carbocycles. The van der Waals surface area contributed by atoms with E-state index in [1.54, 1.807) is 25.1 Å². The Bertz CT molecular complexity index is 943. The Labute approximate surface area is 166 Å². The third-order valence-electron chi connectivity index (χ3n) is 3.86. The lowest BCUT2D eigenvalue weighted by molar-refractivity contribution is -0.115. The van der Waals surface area contributed by atoms with E-state index in [2.05, 4.69) is 20.5 Å². The summed E-state index contributed by atoms with van der Waals surface area (Å²) in [6.07, 6.45) is 0. The molecule has 2 N–H and O–H groups in total. The van der Waals surface area contributed by atoms with Crippen molar-refractivity contribution in [3.8, 4) is 17.1 Å². The lowest BCUT2D eigenvalue weighted by atomic mass is 10.1. The highest BCUT2D eigenvalue weighted by atomic mass is 35.5. The fourth-order valence-electron chi connectivity index (χ4n) is 2.36. The van der Waals surface area contributed by atoms with Crippen molar-refractivity contribution < 1.29 is 9.53 Å². The Morgan fingerprint density at radius 2 is 2.00 bits per heavy atom. The second-order valence-electron chi connectivity index (χ2n) is 5.93. The highest BCUT2D eigenvalue weighted by molar-refractivity contribution is 8.00. The molecule has 3 aromatic rings. The van der Waals surface area contributed by atoms with Crippen molar-refractivity contribution in [2.24, 2.45) is 0 Å². The lowest BCUT2D eigenvalue weighted by Crippen LogP contribution is -2.22. The summed E-state index contributed by atoms with van der Waals surface area (Å²) in [6, 6.07) is 13.0. The Kier molecular flexibility index (Phi) is 6.03. The second-order valence-corrected chi connectivity index (χ2v) is 7.67. The first kappa shape index (κ1) is 19.3. The molecule has 1 aromatic heterocycles. The first-order valence-electron chi connectivity index (χ1n) is 8.27. The number of anilines is 1. The molecule has 6 nitrogen and oxygen atoms in total. The van der Waals surface area contributed by atoms with E-state index in [0.29, 0.717) is 27.4 Å². The molecule has 8 heteroatoms. The van der Waals surface area contributed by atoms with Gasteiger partial charge in [0.15, 0.2) is 5.82 Å². The van der Waals surface area contributed by atoms with Crippen LogP contribution < -0.4 is 10.1 Å². The number of nitrogens with zero attached hydrogens (tertiary/aromatic N) is 2. The van der Waals surface area contributed by atoms with Crippen LogP contribution in [0.4, 0.5) is 5.69 Å². The van der Waals surface area contributed by atoms with Crippen molar-refractivity contribution >= 4 is 35.0 Å². The molecule has 2 aromatic carbocycles. The number of ether oxygens (including phenoxy) is 1. The van der Waals surface area contributed by atoms with Gasteiger partial charge >= 0.3 is 0 Å². The Hall–Kier alpha value is -2.51. The van der Waals surface area contributed by atoms with Crippen LogP contribution in [0, 0.1) is 6.92 Å². The van der Waals surface area contributed by atoms with Crippen LogP contribution in [-0.4, -0.2) is 33.4 Å². The van der Waals surface area contributed by atoms with E-state index < -0.39 is 5.25 Å². The summed E-state index contributed by atoms with van der Waals surface area (Å²) in [5, 5.41) is 10.6. The highest BCUT2D eigenvalue weighted by Crippen LogP contribution is 2.29. The summed E-state index contributed by atoms with van der Waals surface area (Å²) in [4.78, 5) is 17.0. The van der Waals surface area contributed by atoms with Gasteiger partial charge in [-0.05, 0) is 32.0 Å². The van der Waals surface area contributed by atoms with Crippen LogP contribution in [0.3, 0.4) is 0 Å². The molecule has 0 aliphatic rings. The first-order chi connectivity index (χ1) is 13.0. The van der Waals surface area contributed by atoms with Crippen molar-refractivity contribution in [2.45, 2.75) is 24.3 Å². The molecule has 1 amide bonds. The number of amides is 1. The molecule has 0 saturated heterocycles. The zero-order valence-electron chi connectivity index (χ0n) is 15.1. The average molecular weight is 403 g/mol. The second kappa shape index (κ2) is 8.45. The minimum Gasteiger partial charge on any atom is -0.495 e. The normalized spacial score (nSPS) is 11.9. The number of nitrogens with one attached hydrogen (secondary N) is 2. The lowest BCUT2D eigenvalue weighted by Gasteiger charge is -2.13. The number of benzene rings is 2. The molecule has 0 unspecified atom stereocenters. The minimum absolute atomic E-state index is 0.192. The summed E-state index contributed by atoms with van der Waals surface area (Å²) in [5.41, 5.74) is 2.65. The van der Waals surface area contributed by atoms with Gasteiger partial charge in [-0.3, -0.25) is 9.89 Å². The smallest absolute Gasteiger partial charge is 0.237 e. The number of carbonyl (C=O) groups is 1. The van der Waals surface area contributed by atoms with Gasteiger partial charge in [0, 0.05) is 10.6 Å². The topological polar surface area (TPSA) is 79.9 Å². The van der Waals surface area contributed by atoms with Gasteiger partial charge in [0.05, 0.1) is 18.0 Å². The number of methoxy groups -OCH3 is 1. The number of hydrogen-bond acceptors (Lipinski definition) is 5. The molecular weight excluding hydrogens is 384 g/mol. The molecule has 1 atom stereocenters. The Morgan fingerprint density at radius 1 is 1.26 bits per heavy atom. The van der Waals surface area contributed by atoms with E-state index in [0.717, 1.165) is 5.56 Å². The summed E-state index contributed by atoms with van der Waals surface area (Å²) in [7, 11) is 1.54. The number of rotatable bonds is 6. The quantitative estimate of drug-likeness (QED) is 0.591. The number of aromatic amines is 1. The maximum Gasteiger partial charge on any atom is 0.237 e. The van der Waals surface area contributed by atoms with Gasteiger partial charge in [-0.25, -0.2) is 4.98 Å². The number of hydrogen-bond donors (Lipinski definition) is 2. The fraction of sp³-hybridized carbons (Fsp3) is 0.211. The fourth-order valence-corrected chi connectivity index (χ4v) is 3.26. The van der Waals surface area contributed by atoms with E-state index >= 15 is 0 Å². The highest BCUT2D eigenvalue weighted by Gasteiger charge is 2.19. The SMILES string of the molecule is COc1ccc(Cl)cc1NC(=O)[C@@H](C)Sc1n[nH]c(-c2ccc(C)cc2)n1. The number of thioether (sulfide) groups is 1. The van der Waals surface area contributed by atoms with Crippen LogP contribution in [0.5, 0.6) is 5.75 Å². The molecule has 0 radical (unpaired) electrons. The van der Waals surface area contributed by atoms with Gasteiger partial charge in [0.2, 0.25) is 11.1 Å². The average Bonchev–Trinajstić information content (AvgIpc) is 3.11. The summed E-state index contributed by atoms with van der Waals surface area (Å²) < 4.78 is 5.25. The zero-order chi connectivity index (χ0) is 19.4. The number of aromatic nitrogens is 3. The van der Waals surface area contributed by atoms with Crippen LogP contribution >= 0.6 is 23.4 Å². The molecule has 0 aliphatic carbocycles. The molecule has 0 fully saturated rings. The van der Waals surface area contributed by atoms with Gasteiger partial charge in [-0.1, -0.05) is 53.2 Å². The minimum atomic E-state index is -0.407. The maximum atomic E-state index is 12.5. The van der Waals surface area contributed by atoms with E-state index in [4.69, 9.17) is 16.3 Å². The van der Waals surface area contributed by atoms with Gasteiger partial charge < -0.3 is 10.1 Å². The van der Waals surface area contributed by atoms with Crippen molar-refractivity contribution in [3.63, 3.8) is 0 Å². The van der Waals surface area contributed by atoms with Crippen molar-refractivity contribution in [1.29, 1.82) is 0 Å². The first-order valence-corrected chi connectivity index (χ1v) is 9.52. The van der Waals surface area contributed by atoms with Gasteiger partial charge in [0.1, 0.15) is 5.75 Å². The standard InChI is InChI=1S/C19H19ClN4O2S/c1-11-4-6-13(7-5-11)17-22-19(24-23-17)27-12(2)18(25)21-15-10-14(20)8-9-16(15)26-3/h4-10,12H,1-3H3,(H,21,25)(H,22,23,24)/t12-/m1/s1. The van der Waals surface area contributed by atoms with Gasteiger partial charge in [-0.2, -0.15) is 0 Å². The predicted molar refractivity (Wildman–Crippen MR) is 109 cm³/mol. The van der Waals surface area contributed by atoms with Crippen LogP contribution in [0.1, 0.15) is 12.5 Å². The zero-order valence-corrected chi connectivity index (χ0v) is 16.7. The number of carbonyl (C=O) groups excluding carboxylic acids is 1. The number of halogens is 1. The predicted octanol–water partition coefficient (Wildman–Crippen LogP) is 4.56. The summed E-state index contributed by atoms with van der Waals surface area (Å²) in [6.45, 7) is 3.82. The molecule has 27 heavy (non-hydrogen) atoms. The van der Waals surface area contributed by atoms with Gasteiger partial charge in [-0.15, -0.1) is 5.10 Å². The van der Waals surface area contributed by atoms with E-state index in [1.165, 1.54) is 24.4 Å². The molecule has 0 spiro atoms. The van der Waals surface area contributed by atoms with Crippen LogP contribution in [0.2, 0.25) is 5.02 Å². The van der Waals surface area contributed by atoms with Crippen LogP contribution in [0.25, 0.3) is 11.4 Å². The van der Waals surface area contributed by atoms with E-state index in [9.17, 15) is 4.79 Å². The van der Waals surface area contributed by atoms with E-state index in [1.807, 2.05) is 31.2 Å². The van der Waals surface area contributed by atoms with Crippen molar-refractivity contribution in [2.75, 3.05) is 12.4 Å². The van der Waals surface area contributed by atoms with Crippen molar-refractivity contribution in [1.82, 2.24) is 15.2 Å². The number of aryl methyl sites for hydroxylation is 1. The maximum absolute atomic E-state index is 12.5. The monoisotopic (exact) mass is 402 g/mol. The molecular formula is C19H19ClN4O2S. The molecule has 0 aliphatic heterocycles. The largest absolute Gasteiger partial charge is 0.495 e. The Balaban J connectivity index is 1.67. The summed E-state index contributed by atoms with van der Waals surface area (Å²) in [5.74, 6) is 1.02. The van der Waals surface area contributed by atoms with Gasteiger partial charge in [0.25, 0.3) is 0 Å². The number of H-pyrrole nitrogens is 1. The Morgan fingerprint density at radius 3 is 2.70 bits per heavy atom. The molecule has 1 heterocycles. The van der Waals surface area contributed by atoms with Crippen LogP contribution in [-0.2, 0) is 4.79 Å². The molecule has 0 bridgehead atoms. The van der Waals surface area contributed by atoms with Crippen molar-refractivity contribution in [3.05, 3.63) is 53.1 Å². The van der Waals surface area contributed by atoms with Crippen LogP contribution in [0.15, 0.2) is 47.6 Å². The third kappa shape index (κ3) is 4.81. The molecule has 3 rings (SSSR count). The summed E-state index contributed by atoms with van der Waals surface area (Å²) >= 11 is 7.27. The molecule has 140 valence electrons. The van der Waals surface area contributed by atoms with E-state index in [-0.39, 0.29) is 5.91 Å².